The van der Waals surface area contributed by atoms with E-state index in [1.165, 1.54) is 29.8 Å². The molecule has 0 atom stereocenters. The molecule has 0 aromatic carbocycles. The summed E-state index contributed by atoms with van der Waals surface area (Å²) in [5.41, 5.74) is 3.58. The molecule has 1 saturated heterocycles. The zero-order valence-corrected chi connectivity index (χ0v) is 10.6. The zero-order valence-electron chi connectivity index (χ0n) is 10.6. The van der Waals surface area contributed by atoms with Gasteiger partial charge in [-0.25, -0.2) is 0 Å². The summed E-state index contributed by atoms with van der Waals surface area (Å²) in [5.74, 6) is 0.605. The molecule has 0 radical (unpaired) electrons. The fourth-order valence-electron chi connectivity index (χ4n) is 2.60. The molecular weight excluding hydrogens is 224 g/mol. The van der Waals surface area contributed by atoms with Crippen molar-refractivity contribution in [1.29, 1.82) is 0 Å². The predicted molar refractivity (Wildman–Crippen MR) is 71.3 cm³/mol. The first kappa shape index (κ1) is 11.4. The number of nitrogens with one attached hydrogen (secondary N) is 1. The molecule has 0 saturated carbocycles. The summed E-state index contributed by atoms with van der Waals surface area (Å²) in [7, 11) is 2.01. The van der Waals surface area contributed by atoms with Gasteiger partial charge in [0, 0.05) is 30.9 Å². The quantitative estimate of drug-likeness (QED) is 0.875. The van der Waals surface area contributed by atoms with Gasteiger partial charge in [-0.2, -0.15) is 5.10 Å². The van der Waals surface area contributed by atoms with Crippen molar-refractivity contribution in [3.8, 4) is 11.3 Å². The van der Waals surface area contributed by atoms with Gasteiger partial charge in [-0.05, 0) is 44.1 Å². The second kappa shape index (κ2) is 4.90. The topological polar surface area (TPSA) is 42.7 Å². The predicted octanol–water partition coefficient (Wildman–Crippen LogP) is 1.95. The molecule has 3 heterocycles. The van der Waals surface area contributed by atoms with E-state index in [9.17, 15) is 0 Å². The molecule has 18 heavy (non-hydrogen) atoms. The summed E-state index contributed by atoms with van der Waals surface area (Å²) in [6.45, 7) is 2.21. The van der Waals surface area contributed by atoms with Gasteiger partial charge < -0.3 is 5.32 Å². The summed E-state index contributed by atoms with van der Waals surface area (Å²) in [4.78, 5) is 4.06. The van der Waals surface area contributed by atoms with Gasteiger partial charge in [0.05, 0.1) is 11.4 Å². The largest absolute Gasteiger partial charge is 0.317 e. The molecule has 0 amide bonds. The van der Waals surface area contributed by atoms with Crippen molar-refractivity contribution < 1.29 is 0 Å². The molecule has 1 fully saturated rings. The van der Waals surface area contributed by atoms with Crippen LogP contribution >= 0.6 is 0 Å². The van der Waals surface area contributed by atoms with E-state index in [1.54, 1.807) is 0 Å². The zero-order chi connectivity index (χ0) is 12.4. The molecule has 4 heteroatoms. The third kappa shape index (κ3) is 2.16. The lowest BCUT2D eigenvalue weighted by Crippen LogP contribution is -2.26. The Bertz CT molecular complexity index is 512. The van der Waals surface area contributed by atoms with Crippen LogP contribution in [-0.2, 0) is 7.05 Å². The molecule has 2 aromatic rings. The van der Waals surface area contributed by atoms with Gasteiger partial charge in [-0.3, -0.25) is 9.67 Å². The average Bonchev–Trinajstić information content (AvgIpc) is 2.83. The van der Waals surface area contributed by atoms with Crippen LogP contribution in [0.25, 0.3) is 11.3 Å². The molecule has 4 nitrogen and oxygen atoms in total. The number of rotatable bonds is 2. The number of hydrogen-bond acceptors (Lipinski definition) is 3. The highest BCUT2D eigenvalue weighted by Crippen LogP contribution is 2.27. The van der Waals surface area contributed by atoms with Crippen molar-refractivity contribution in [2.45, 2.75) is 18.8 Å². The average molecular weight is 242 g/mol. The monoisotopic (exact) mass is 242 g/mol. The van der Waals surface area contributed by atoms with E-state index in [0.29, 0.717) is 5.92 Å². The van der Waals surface area contributed by atoms with E-state index in [1.807, 2.05) is 36.3 Å². The summed E-state index contributed by atoms with van der Waals surface area (Å²) < 4.78 is 1.98. The lowest BCUT2D eigenvalue weighted by atomic mass is 9.94. The molecule has 1 aliphatic heterocycles. The number of aromatic nitrogens is 3. The van der Waals surface area contributed by atoms with Crippen molar-refractivity contribution in [3.05, 3.63) is 36.3 Å². The van der Waals surface area contributed by atoms with Crippen LogP contribution in [0.3, 0.4) is 0 Å². The molecule has 3 rings (SSSR count). The SMILES string of the molecule is Cn1nc(C2CCNCC2)cc1-c1ccncc1. The van der Waals surface area contributed by atoms with E-state index >= 15 is 0 Å². The molecule has 1 aliphatic rings. The summed E-state index contributed by atoms with van der Waals surface area (Å²) >= 11 is 0. The Balaban J connectivity index is 1.91. The third-order valence-corrected chi connectivity index (χ3v) is 3.63. The van der Waals surface area contributed by atoms with E-state index < -0.39 is 0 Å². The van der Waals surface area contributed by atoms with Crippen LogP contribution in [0.15, 0.2) is 30.6 Å². The maximum atomic E-state index is 4.68. The van der Waals surface area contributed by atoms with Crippen LogP contribution in [0.2, 0.25) is 0 Å². The first-order valence-corrected chi connectivity index (χ1v) is 6.49. The van der Waals surface area contributed by atoms with Gasteiger partial charge in [-0.15, -0.1) is 0 Å². The second-order valence-corrected chi connectivity index (χ2v) is 4.84. The first-order chi connectivity index (χ1) is 8.84. The van der Waals surface area contributed by atoms with Gasteiger partial charge in [0.1, 0.15) is 0 Å². The number of aryl methyl sites for hydroxylation is 1. The van der Waals surface area contributed by atoms with Crippen LogP contribution in [0.1, 0.15) is 24.5 Å². The first-order valence-electron chi connectivity index (χ1n) is 6.49. The highest BCUT2D eigenvalue weighted by Gasteiger charge is 2.19. The molecule has 2 aromatic heterocycles. The second-order valence-electron chi connectivity index (χ2n) is 4.84. The van der Waals surface area contributed by atoms with Gasteiger partial charge in [-0.1, -0.05) is 0 Å². The third-order valence-electron chi connectivity index (χ3n) is 3.63. The Hall–Kier alpha value is -1.68. The lowest BCUT2D eigenvalue weighted by Gasteiger charge is -2.20. The highest BCUT2D eigenvalue weighted by molar-refractivity contribution is 5.59. The number of nitrogens with zero attached hydrogens (tertiary/aromatic N) is 3. The standard InChI is InChI=1S/C14H18N4/c1-18-14(12-4-8-16-9-5-12)10-13(17-18)11-2-6-15-7-3-11/h4-5,8-11,15H,2-3,6-7H2,1H3. The van der Waals surface area contributed by atoms with Gasteiger partial charge in [0.15, 0.2) is 0 Å². The molecular formula is C14H18N4. The van der Waals surface area contributed by atoms with Gasteiger partial charge in [0.2, 0.25) is 0 Å². The summed E-state index contributed by atoms with van der Waals surface area (Å²) in [6, 6.07) is 6.29. The van der Waals surface area contributed by atoms with Crippen molar-refractivity contribution in [3.63, 3.8) is 0 Å². The Labute approximate surface area is 107 Å². The maximum Gasteiger partial charge on any atom is 0.0683 e. The van der Waals surface area contributed by atoms with Crippen LogP contribution in [0, 0.1) is 0 Å². The maximum absolute atomic E-state index is 4.68. The van der Waals surface area contributed by atoms with Gasteiger partial charge in [0.25, 0.3) is 0 Å². The van der Waals surface area contributed by atoms with Crippen LogP contribution < -0.4 is 5.32 Å². The minimum Gasteiger partial charge on any atom is -0.317 e. The fraction of sp³-hybridized carbons (Fsp3) is 0.429. The normalized spacial score (nSPS) is 16.9. The van der Waals surface area contributed by atoms with E-state index in [-0.39, 0.29) is 0 Å². The van der Waals surface area contributed by atoms with Crippen LogP contribution in [0.5, 0.6) is 0 Å². The molecule has 0 spiro atoms. The molecule has 0 bridgehead atoms. The van der Waals surface area contributed by atoms with Crippen molar-refractivity contribution in [1.82, 2.24) is 20.1 Å². The van der Waals surface area contributed by atoms with E-state index in [4.69, 9.17) is 0 Å². The van der Waals surface area contributed by atoms with E-state index in [2.05, 4.69) is 21.5 Å². The Morgan fingerprint density at radius 1 is 1.22 bits per heavy atom. The molecule has 0 unspecified atom stereocenters. The summed E-state index contributed by atoms with van der Waals surface area (Å²) in [6.07, 6.45) is 6.03. The number of hydrogen-bond donors (Lipinski definition) is 1. The minimum absolute atomic E-state index is 0.605. The number of pyridine rings is 1. The fourth-order valence-corrected chi connectivity index (χ4v) is 2.60. The Kier molecular flexibility index (Phi) is 3.11. The van der Waals surface area contributed by atoms with Crippen molar-refractivity contribution >= 4 is 0 Å². The Morgan fingerprint density at radius 3 is 2.67 bits per heavy atom. The van der Waals surface area contributed by atoms with Crippen LogP contribution in [-0.4, -0.2) is 27.9 Å². The van der Waals surface area contributed by atoms with E-state index in [0.717, 1.165) is 13.1 Å². The number of piperidine rings is 1. The van der Waals surface area contributed by atoms with Crippen molar-refractivity contribution in [2.75, 3.05) is 13.1 Å². The molecule has 0 aliphatic carbocycles. The Morgan fingerprint density at radius 2 is 1.94 bits per heavy atom. The van der Waals surface area contributed by atoms with Crippen LogP contribution in [0.4, 0.5) is 0 Å². The molecule has 1 N–H and O–H groups in total. The lowest BCUT2D eigenvalue weighted by molar-refractivity contribution is 0.450. The molecule has 94 valence electrons. The highest BCUT2D eigenvalue weighted by atomic mass is 15.3. The summed E-state index contributed by atoms with van der Waals surface area (Å²) in [5, 5.41) is 8.07. The smallest absolute Gasteiger partial charge is 0.0683 e. The minimum atomic E-state index is 0.605. The van der Waals surface area contributed by atoms with Crippen molar-refractivity contribution in [2.24, 2.45) is 7.05 Å². The van der Waals surface area contributed by atoms with Gasteiger partial charge >= 0.3 is 0 Å².